The SMILES string of the molecule is CCC(=O)NC(CN1CCCCC1)C(O)c1ccc2c(c1)OCCO2. The van der Waals surface area contributed by atoms with Crippen LogP contribution >= 0.6 is 0 Å². The number of benzene rings is 1. The fraction of sp³-hybridized carbons (Fsp3) is 0.632. The molecule has 6 heteroatoms. The van der Waals surface area contributed by atoms with Crippen LogP contribution in [0.25, 0.3) is 0 Å². The fourth-order valence-electron chi connectivity index (χ4n) is 3.43. The monoisotopic (exact) mass is 348 g/mol. The molecule has 138 valence electrons. The highest BCUT2D eigenvalue weighted by Gasteiger charge is 2.27. The zero-order valence-corrected chi connectivity index (χ0v) is 14.9. The van der Waals surface area contributed by atoms with E-state index in [-0.39, 0.29) is 11.9 Å². The molecule has 0 aliphatic carbocycles. The summed E-state index contributed by atoms with van der Waals surface area (Å²) in [5, 5.41) is 13.9. The van der Waals surface area contributed by atoms with Gasteiger partial charge in [0.1, 0.15) is 19.3 Å². The standard InChI is InChI=1S/C19H28N2O4/c1-2-18(22)20-15(13-21-8-4-3-5-9-21)19(23)14-6-7-16-17(12-14)25-11-10-24-16/h6-7,12,15,19,23H,2-5,8-11,13H2,1H3,(H,20,22). The Bertz CT molecular complexity index is 587. The van der Waals surface area contributed by atoms with Gasteiger partial charge >= 0.3 is 0 Å². The molecule has 0 radical (unpaired) electrons. The molecule has 2 aliphatic rings. The highest BCUT2D eigenvalue weighted by molar-refractivity contribution is 5.76. The lowest BCUT2D eigenvalue weighted by atomic mass is 9.99. The average Bonchev–Trinajstić information content (AvgIpc) is 2.67. The molecule has 2 aliphatic heterocycles. The number of likely N-dealkylation sites (tertiary alicyclic amines) is 1. The molecule has 2 heterocycles. The zero-order chi connectivity index (χ0) is 17.6. The van der Waals surface area contributed by atoms with Crippen LogP contribution < -0.4 is 14.8 Å². The summed E-state index contributed by atoms with van der Waals surface area (Å²) in [5.41, 5.74) is 0.739. The zero-order valence-electron chi connectivity index (χ0n) is 14.9. The Morgan fingerprint density at radius 1 is 1.20 bits per heavy atom. The maximum Gasteiger partial charge on any atom is 0.220 e. The second kappa shape index (κ2) is 8.54. The second-order valence-electron chi connectivity index (χ2n) is 6.74. The normalized spacial score (nSPS) is 19.9. The molecule has 0 aromatic heterocycles. The van der Waals surface area contributed by atoms with Crippen LogP contribution in [0.4, 0.5) is 0 Å². The van der Waals surface area contributed by atoms with Gasteiger partial charge < -0.3 is 24.8 Å². The first-order chi connectivity index (χ1) is 12.2. The second-order valence-corrected chi connectivity index (χ2v) is 6.74. The van der Waals surface area contributed by atoms with Gasteiger partial charge in [-0.3, -0.25) is 4.79 Å². The minimum Gasteiger partial charge on any atom is -0.486 e. The number of rotatable bonds is 6. The Morgan fingerprint density at radius 2 is 1.92 bits per heavy atom. The molecule has 0 saturated carbocycles. The van der Waals surface area contributed by atoms with Gasteiger partial charge in [0, 0.05) is 13.0 Å². The highest BCUT2D eigenvalue weighted by atomic mass is 16.6. The van der Waals surface area contributed by atoms with Gasteiger partial charge in [-0.2, -0.15) is 0 Å². The number of carbonyl (C=O) groups excluding carboxylic acids is 1. The van der Waals surface area contributed by atoms with Crippen LogP contribution in [0.15, 0.2) is 18.2 Å². The van der Waals surface area contributed by atoms with Gasteiger partial charge in [0.05, 0.1) is 6.04 Å². The number of amides is 1. The Kier molecular flexibility index (Phi) is 6.15. The number of hydrogen-bond donors (Lipinski definition) is 2. The van der Waals surface area contributed by atoms with Crippen LogP contribution in [-0.4, -0.2) is 54.8 Å². The Labute approximate surface area is 149 Å². The van der Waals surface area contributed by atoms with Crippen molar-refractivity contribution in [2.45, 2.75) is 44.8 Å². The summed E-state index contributed by atoms with van der Waals surface area (Å²) in [6.07, 6.45) is 3.23. The summed E-state index contributed by atoms with van der Waals surface area (Å²) in [7, 11) is 0. The minimum absolute atomic E-state index is 0.0430. The van der Waals surface area contributed by atoms with Crippen molar-refractivity contribution in [2.24, 2.45) is 0 Å². The lowest BCUT2D eigenvalue weighted by molar-refractivity contribution is -0.122. The molecule has 0 bridgehead atoms. The lowest BCUT2D eigenvalue weighted by Crippen LogP contribution is -2.48. The fourth-order valence-corrected chi connectivity index (χ4v) is 3.43. The first kappa shape index (κ1) is 18.0. The van der Waals surface area contributed by atoms with E-state index < -0.39 is 6.10 Å². The number of aliphatic hydroxyl groups is 1. The molecular weight excluding hydrogens is 320 g/mol. The summed E-state index contributed by atoms with van der Waals surface area (Å²) in [6.45, 7) is 5.57. The van der Waals surface area contributed by atoms with E-state index in [0.29, 0.717) is 37.7 Å². The number of carbonyl (C=O) groups is 1. The Balaban J connectivity index is 1.74. The van der Waals surface area contributed by atoms with Crippen LogP contribution in [0.3, 0.4) is 0 Å². The van der Waals surface area contributed by atoms with Crippen LogP contribution in [0.5, 0.6) is 11.5 Å². The average molecular weight is 348 g/mol. The van der Waals surface area contributed by atoms with Gasteiger partial charge in [0.15, 0.2) is 11.5 Å². The number of ether oxygens (including phenoxy) is 2. The molecule has 1 amide bonds. The third kappa shape index (κ3) is 4.64. The molecule has 1 aromatic carbocycles. The highest BCUT2D eigenvalue weighted by Crippen LogP contribution is 2.33. The van der Waals surface area contributed by atoms with Crippen molar-refractivity contribution < 1.29 is 19.4 Å². The number of piperidine rings is 1. The van der Waals surface area contributed by atoms with Crippen LogP contribution in [0.1, 0.15) is 44.3 Å². The summed E-state index contributed by atoms with van der Waals surface area (Å²) in [6, 6.07) is 5.15. The van der Waals surface area contributed by atoms with E-state index in [1.165, 1.54) is 19.3 Å². The molecule has 1 fully saturated rings. The molecule has 2 unspecified atom stereocenters. The minimum atomic E-state index is -0.784. The molecule has 3 rings (SSSR count). The maximum atomic E-state index is 11.9. The van der Waals surface area contributed by atoms with E-state index in [1.807, 2.05) is 25.1 Å². The number of hydrogen-bond acceptors (Lipinski definition) is 5. The Hall–Kier alpha value is -1.79. The van der Waals surface area contributed by atoms with Crippen LogP contribution in [0, 0.1) is 0 Å². The molecule has 0 spiro atoms. The van der Waals surface area contributed by atoms with Crippen LogP contribution in [-0.2, 0) is 4.79 Å². The van der Waals surface area contributed by atoms with E-state index in [0.717, 1.165) is 18.7 Å². The van der Waals surface area contributed by atoms with Crippen molar-refractivity contribution in [1.82, 2.24) is 10.2 Å². The number of nitrogens with one attached hydrogen (secondary N) is 1. The molecular formula is C19H28N2O4. The van der Waals surface area contributed by atoms with Crippen molar-refractivity contribution in [3.05, 3.63) is 23.8 Å². The van der Waals surface area contributed by atoms with E-state index in [9.17, 15) is 9.90 Å². The van der Waals surface area contributed by atoms with Gasteiger partial charge in [-0.15, -0.1) is 0 Å². The summed E-state index contributed by atoms with van der Waals surface area (Å²) in [5.74, 6) is 1.31. The van der Waals surface area contributed by atoms with Gasteiger partial charge in [0.2, 0.25) is 5.91 Å². The number of fused-ring (bicyclic) bond motifs is 1. The summed E-state index contributed by atoms with van der Waals surface area (Å²) < 4.78 is 11.1. The molecule has 1 saturated heterocycles. The van der Waals surface area contributed by atoms with Gasteiger partial charge in [-0.1, -0.05) is 19.4 Å². The molecule has 1 aromatic rings. The van der Waals surface area contributed by atoms with Gasteiger partial charge in [-0.05, 0) is 43.6 Å². The van der Waals surface area contributed by atoms with Crippen molar-refractivity contribution >= 4 is 5.91 Å². The molecule has 2 atom stereocenters. The van der Waals surface area contributed by atoms with E-state index >= 15 is 0 Å². The predicted molar refractivity (Wildman–Crippen MR) is 94.9 cm³/mol. The maximum absolute atomic E-state index is 11.9. The van der Waals surface area contributed by atoms with Crippen molar-refractivity contribution in [1.29, 1.82) is 0 Å². The largest absolute Gasteiger partial charge is 0.486 e. The molecule has 6 nitrogen and oxygen atoms in total. The summed E-state index contributed by atoms with van der Waals surface area (Å²) >= 11 is 0. The number of aliphatic hydroxyl groups excluding tert-OH is 1. The molecule has 25 heavy (non-hydrogen) atoms. The van der Waals surface area contributed by atoms with Gasteiger partial charge in [-0.25, -0.2) is 0 Å². The summed E-state index contributed by atoms with van der Waals surface area (Å²) in [4.78, 5) is 14.3. The van der Waals surface area contributed by atoms with Gasteiger partial charge in [0.25, 0.3) is 0 Å². The third-order valence-corrected chi connectivity index (χ3v) is 4.86. The smallest absolute Gasteiger partial charge is 0.220 e. The van der Waals surface area contributed by atoms with E-state index in [1.54, 1.807) is 0 Å². The quantitative estimate of drug-likeness (QED) is 0.821. The first-order valence-corrected chi connectivity index (χ1v) is 9.26. The Morgan fingerprint density at radius 3 is 2.64 bits per heavy atom. The third-order valence-electron chi connectivity index (χ3n) is 4.86. The van der Waals surface area contributed by atoms with E-state index in [4.69, 9.17) is 9.47 Å². The molecule has 2 N–H and O–H groups in total. The predicted octanol–water partition coefficient (Wildman–Crippen LogP) is 1.87. The first-order valence-electron chi connectivity index (χ1n) is 9.26. The number of nitrogens with zero attached hydrogens (tertiary/aromatic N) is 1. The van der Waals surface area contributed by atoms with Crippen LogP contribution in [0.2, 0.25) is 0 Å². The lowest BCUT2D eigenvalue weighted by Gasteiger charge is -2.33. The van der Waals surface area contributed by atoms with Crippen molar-refractivity contribution in [2.75, 3.05) is 32.8 Å². The van der Waals surface area contributed by atoms with E-state index in [2.05, 4.69) is 10.2 Å². The van der Waals surface area contributed by atoms with Crippen molar-refractivity contribution in [3.63, 3.8) is 0 Å². The topological polar surface area (TPSA) is 71.0 Å². The van der Waals surface area contributed by atoms with Crippen molar-refractivity contribution in [3.8, 4) is 11.5 Å².